The minimum atomic E-state index is -0.465. The van der Waals surface area contributed by atoms with Gasteiger partial charge in [0.15, 0.2) is 0 Å². The van der Waals surface area contributed by atoms with E-state index in [1.54, 1.807) is 6.07 Å². The number of nitrogen functional groups attached to an aromatic ring is 2. The van der Waals surface area contributed by atoms with Crippen molar-refractivity contribution >= 4 is 44.7 Å². The zero-order valence-electron chi connectivity index (χ0n) is 14.6. The van der Waals surface area contributed by atoms with Gasteiger partial charge in [-0.15, -0.1) is 0 Å². The second-order valence-corrected chi connectivity index (χ2v) is 7.07. The maximum atomic E-state index is 13.8. The Labute approximate surface area is 143 Å². The van der Waals surface area contributed by atoms with Gasteiger partial charge in [-0.1, -0.05) is 20.8 Å². The molecule has 0 aliphatic rings. The first-order valence-corrected chi connectivity index (χ1v) is 7.85. The Morgan fingerprint density at radius 3 is 2.56 bits per heavy atom. The van der Waals surface area contributed by atoms with Crippen molar-refractivity contribution < 1.29 is 4.39 Å². The third kappa shape index (κ3) is 2.82. The lowest BCUT2D eigenvalue weighted by Crippen LogP contribution is -2.16. The molecule has 6 nitrogen and oxygen atoms in total. The van der Waals surface area contributed by atoms with E-state index in [1.165, 1.54) is 12.1 Å². The monoisotopic (exact) mass is 341 g/mol. The van der Waals surface area contributed by atoms with Crippen LogP contribution in [0.15, 0.2) is 28.0 Å². The summed E-state index contributed by atoms with van der Waals surface area (Å²) in [6.07, 6.45) is 0. The van der Waals surface area contributed by atoms with Gasteiger partial charge in [0.25, 0.3) is 5.56 Å². The van der Waals surface area contributed by atoms with E-state index in [2.05, 4.69) is 15.0 Å². The van der Waals surface area contributed by atoms with Crippen molar-refractivity contribution in [3.63, 3.8) is 0 Å². The van der Waals surface area contributed by atoms with Gasteiger partial charge in [-0.3, -0.25) is 14.8 Å². The minimum Gasteiger partial charge on any atom is -0.395 e. The number of hydrogen-bond donors (Lipinski definition) is 3. The first-order chi connectivity index (χ1) is 11.6. The van der Waals surface area contributed by atoms with Crippen LogP contribution in [0.2, 0.25) is 0 Å². The van der Waals surface area contributed by atoms with Crippen molar-refractivity contribution in [1.29, 1.82) is 0 Å². The molecule has 0 aliphatic carbocycles. The lowest BCUT2D eigenvalue weighted by atomic mass is 9.91. The number of rotatable bonds is 1. The molecule has 1 heterocycles. The van der Waals surface area contributed by atoms with E-state index in [4.69, 9.17) is 11.5 Å². The molecule has 1 aromatic heterocycles. The number of H-pyrrole nitrogens is 1. The number of nitrogens with two attached hydrogens (primary N) is 2. The van der Waals surface area contributed by atoms with Crippen molar-refractivity contribution in [2.45, 2.75) is 27.7 Å². The van der Waals surface area contributed by atoms with Gasteiger partial charge in [-0.2, -0.15) is 0 Å². The fourth-order valence-corrected chi connectivity index (χ4v) is 2.58. The average Bonchev–Trinajstić information content (AvgIpc) is 2.49. The molecular weight excluding hydrogens is 321 g/mol. The molecule has 0 unspecified atom stereocenters. The molecule has 0 radical (unpaired) electrons. The zero-order chi connectivity index (χ0) is 18.5. The number of halogens is 1. The summed E-state index contributed by atoms with van der Waals surface area (Å²) in [5, 5.41) is 1.19. The Balaban J connectivity index is 2.57. The summed E-state index contributed by atoms with van der Waals surface area (Å²) in [4.78, 5) is 23.6. The lowest BCUT2D eigenvalue weighted by molar-refractivity contribution is 0.588. The molecule has 0 saturated heterocycles. The Kier molecular flexibility index (Phi) is 3.74. The van der Waals surface area contributed by atoms with Crippen LogP contribution in [0.3, 0.4) is 0 Å². The molecule has 7 heteroatoms. The SMILES string of the molecule is CC(=Nc1c(N)c2nc(N)[nH]c(=O)c2c2cc(F)ccc12)C(C)(C)C. The van der Waals surface area contributed by atoms with Crippen LogP contribution in [0.25, 0.3) is 21.7 Å². The molecule has 0 amide bonds. The molecule has 0 aliphatic heterocycles. The molecule has 0 bridgehead atoms. The highest BCUT2D eigenvalue weighted by Gasteiger charge is 2.20. The molecule has 0 atom stereocenters. The maximum absolute atomic E-state index is 13.8. The number of aromatic amines is 1. The summed E-state index contributed by atoms with van der Waals surface area (Å²) in [6.45, 7) is 8.00. The molecule has 0 fully saturated rings. The summed E-state index contributed by atoms with van der Waals surface area (Å²) in [6, 6.07) is 4.18. The summed E-state index contributed by atoms with van der Waals surface area (Å²) < 4.78 is 13.8. The third-order valence-electron chi connectivity index (χ3n) is 4.32. The summed E-state index contributed by atoms with van der Waals surface area (Å²) in [5.74, 6) is -0.514. The quantitative estimate of drug-likeness (QED) is 0.357. The molecule has 3 aromatic rings. The second kappa shape index (κ2) is 5.54. The van der Waals surface area contributed by atoms with Crippen molar-refractivity contribution in [2.24, 2.45) is 10.4 Å². The van der Waals surface area contributed by atoms with Crippen molar-refractivity contribution in [3.05, 3.63) is 34.4 Å². The van der Waals surface area contributed by atoms with Crippen LogP contribution in [0.5, 0.6) is 0 Å². The largest absolute Gasteiger partial charge is 0.395 e. The Bertz CT molecular complexity index is 1090. The number of nitrogens with zero attached hydrogens (tertiary/aromatic N) is 2. The van der Waals surface area contributed by atoms with E-state index in [0.29, 0.717) is 16.5 Å². The first-order valence-electron chi connectivity index (χ1n) is 7.85. The second-order valence-electron chi connectivity index (χ2n) is 7.07. The molecule has 0 saturated carbocycles. The Hall–Kier alpha value is -2.96. The van der Waals surface area contributed by atoms with Crippen LogP contribution >= 0.6 is 0 Å². The number of nitrogens with one attached hydrogen (secondary N) is 1. The van der Waals surface area contributed by atoms with E-state index in [9.17, 15) is 9.18 Å². The van der Waals surface area contributed by atoms with Gasteiger partial charge in [0.05, 0.1) is 16.8 Å². The van der Waals surface area contributed by atoms with E-state index in [1.807, 2.05) is 27.7 Å². The van der Waals surface area contributed by atoms with Gasteiger partial charge >= 0.3 is 0 Å². The number of fused-ring (bicyclic) bond motifs is 3. The van der Waals surface area contributed by atoms with Crippen LogP contribution in [-0.4, -0.2) is 15.7 Å². The fourth-order valence-electron chi connectivity index (χ4n) is 2.58. The summed E-state index contributed by atoms with van der Waals surface area (Å²) in [7, 11) is 0. The van der Waals surface area contributed by atoms with Crippen LogP contribution < -0.4 is 17.0 Å². The molecule has 25 heavy (non-hydrogen) atoms. The van der Waals surface area contributed by atoms with Crippen LogP contribution in [0.4, 0.5) is 21.7 Å². The van der Waals surface area contributed by atoms with E-state index >= 15 is 0 Å². The van der Waals surface area contributed by atoms with Gasteiger partial charge in [-0.05, 0) is 30.5 Å². The number of benzene rings is 2. The zero-order valence-corrected chi connectivity index (χ0v) is 14.6. The number of aromatic nitrogens is 2. The molecule has 3 rings (SSSR count). The highest BCUT2D eigenvalue weighted by Crippen LogP contribution is 2.39. The topological polar surface area (TPSA) is 110 Å². The maximum Gasteiger partial charge on any atom is 0.260 e. The Morgan fingerprint density at radius 2 is 1.92 bits per heavy atom. The van der Waals surface area contributed by atoms with Crippen molar-refractivity contribution in [1.82, 2.24) is 9.97 Å². The minimum absolute atomic E-state index is 0.0533. The van der Waals surface area contributed by atoms with E-state index in [-0.39, 0.29) is 28.0 Å². The predicted molar refractivity (Wildman–Crippen MR) is 101 cm³/mol. The molecule has 5 N–H and O–H groups in total. The van der Waals surface area contributed by atoms with Gasteiger partial charge in [0.1, 0.15) is 11.3 Å². The van der Waals surface area contributed by atoms with Crippen molar-refractivity contribution in [2.75, 3.05) is 11.5 Å². The molecule has 0 spiro atoms. The highest BCUT2D eigenvalue weighted by molar-refractivity contribution is 6.18. The third-order valence-corrected chi connectivity index (χ3v) is 4.32. The molecule has 2 aromatic carbocycles. The fraction of sp³-hybridized carbons (Fsp3) is 0.278. The van der Waals surface area contributed by atoms with Gasteiger partial charge in [0.2, 0.25) is 5.95 Å². The first kappa shape index (κ1) is 16.9. The van der Waals surface area contributed by atoms with Crippen LogP contribution in [-0.2, 0) is 0 Å². The predicted octanol–water partition coefficient (Wildman–Crippen LogP) is 3.52. The average molecular weight is 341 g/mol. The van der Waals surface area contributed by atoms with Gasteiger partial charge in [0, 0.05) is 16.5 Å². The van der Waals surface area contributed by atoms with E-state index < -0.39 is 11.4 Å². The van der Waals surface area contributed by atoms with Gasteiger partial charge < -0.3 is 11.5 Å². The number of aliphatic imine (C=N–C) groups is 1. The standard InChI is InChI=1S/C18H20FN5O/c1-8(18(2,3)4)22-14-10-6-5-9(19)7-11(10)12-15(13(14)20)23-17(21)24-16(12)25/h5-7H,20H2,1-4H3,(H3,21,23,24,25). The Morgan fingerprint density at radius 1 is 1.24 bits per heavy atom. The van der Waals surface area contributed by atoms with Crippen LogP contribution in [0, 0.1) is 11.2 Å². The van der Waals surface area contributed by atoms with Crippen LogP contribution in [0.1, 0.15) is 27.7 Å². The number of anilines is 2. The highest BCUT2D eigenvalue weighted by atomic mass is 19.1. The smallest absolute Gasteiger partial charge is 0.260 e. The van der Waals surface area contributed by atoms with Crippen molar-refractivity contribution in [3.8, 4) is 0 Å². The van der Waals surface area contributed by atoms with E-state index in [0.717, 1.165) is 5.71 Å². The van der Waals surface area contributed by atoms with Gasteiger partial charge in [-0.25, -0.2) is 9.37 Å². The molecule has 130 valence electrons. The lowest BCUT2D eigenvalue weighted by Gasteiger charge is -2.19. The normalized spacial score (nSPS) is 12.9. The number of hydrogen-bond acceptors (Lipinski definition) is 5. The molecular formula is C18H20FN5O. The summed E-state index contributed by atoms with van der Waals surface area (Å²) in [5.41, 5.74) is 13.1. The summed E-state index contributed by atoms with van der Waals surface area (Å²) >= 11 is 0.